The lowest BCUT2D eigenvalue weighted by atomic mass is 10.0. The van der Waals surface area contributed by atoms with E-state index >= 15 is 0 Å². The molecule has 0 aromatic carbocycles. The van der Waals surface area contributed by atoms with Gasteiger partial charge in [0.2, 0.25) is 0 Å². The van der Waals surface area contributed by atoms with Gasteiger partial charge >= 0.3 is 0 Å². The Kier molecular flexibility index (Phi) is 4.16. The van der Waals surface area contributed by atoms with Gasteiger partial charge in [-0.15, -0.1) is 22.7 Å². The number of thiazole rings is 1. The van der Waals surface area contributed by atoms with Crippen LogP contribution in [0.5, 0.6) is 0 Å². The number of carbonyl (C=O) groups is 1. The van der Waals surface area contributed by atoms with Gasteiger partial charge in [0, 0.05) is 25.2 Å². The fourth-order valence-electron chi connectivity index (χ4n) is 3.37. The van der Waals surface area contributed by atoms with Crippen molar-refractivity contribution in [3.8, 4) is 0 Å². The lowest BCUT2D eigenvalue weighted by Crippen LogP contribution is -2.38. The molecule has 0 N–H and O–H groups in total. The molecule has 1 aliphatic heterocycles. The number of aromatic nitrogens is 3. The standard InChI is InChI=1S/C17H18N4O2S2/c1-10-12-15(19-9-20(2)16(12)22)25-13(10)17(23)21-7-4-3-5-11(21)14-18-6-8-24-14/h6,8-9,11H,3-5,7H2,1-2H3. The third-order valence-corrected chi connectivity index (χ3v) is 6.77. The zero-order valence-corrected chi connectivity index (χ0v) is 15.7. The summed E-state index contributed by atoms with van der Waals surface area (Å²) in [5.74, 6) is -0.0116. The van der Waals surface area contributed by atoms with Gasteiger partial charge in [0.15, 0.2) is 0 Å². The Hall–Kier alpha value is -2.06. The summed E-state index contributed by atoms with van der Waals surface area (Å²) in [6.45, 7) is 2.57. The SMILES string of the molecule is Cc1c(C(=O)N2CCCCC2c2nccs2)sc2ncn(C)c(=O)c12. The molecule has 1 amide bonds. The topological polar surface area (TPSA) is 68.1 Å². The lowest BCUT2D eigenvalue weighted by molar-refractivity contribution is 0.0615. The van der Waals surface area contributed by atoms with E-state index in [-0.39, 0.29) is 17.5 Å². The molecule has 4 heterocycles. The summed E-state index contributed by atoms with van der Waals surface area (Å²) >= 11 is 2.91. The van der Waals surface area contributed by atoms with Crippen molar-refractivity contribution in [2.45, 2.75) is 32.2 Å². The summed E-state index contributed by atoms with van der Waals surface area (Å²) in [6, 6.07) is 0.0293. The molecule has 130 valence electrons. The Morgan fingerprint density at radius 2 is 2.16 bits per heavy atom. The minimum atomic E-state index is -0.104. The molecule has 1 unspecified atom stereocenters. The predicted molar refractivity (Wildman–Crippen MR) is 99.3 cm³/mol. The number of aryl methyl sites for hydroxylation is 2. The summed E-state index contributed by atoms with van der Waals surface area (Å²) in [6.07, 6.45) is 6.33. The molecule has 1 saturated heterocycles. The summed E-state index contributed by atoms with van der Waals surface area (Å²) in [5.41, 5.74) is 0.634. The largest absolute Gasteiger partial charge is 0.328 e. The first kappa shape index (κ1) is 16.4. The van der Waals surface area contributed by atoms with Crippen LogP contribution in [0.15, 0.2) is 22.7 Å². The highest BCUT2D eigenvalue weighted by Crippen LogP contribution is 2.36. The van der Waals surface area contributed by atoms with E-state index in [0.29, 0.717) is 15.1 Å². The molecule has 3 aromatic heterocycles. The van der Waals surface area contributed by atoms with Crippen LogP contribution in [0.25, 0.3) is 10.2 Å². The van der Waals surface area contributed by atoms with E-state index in [1.54, 1.807) is 24.6 Å². The third kappa shape index (κ3) is 2.69. The molecular weight excluding hydrogens is 356 g/mol. The van der Waals surface area contributed by atoms with Crippen molar-refractivity contribution < 1.29 is 4.79 Å². The maximum atomic E-state index is 13.3. The number of thiophene rings is 1. The average Bonchev–Trinajstić information content (AvgIpc) is 3.26. The van der Waals surface area contributed by atoms with E-state index < -0.39 is 0 Å². The molecule has 0 aliphatic carbocycles. The molecule has 0 saturated carbocycles. The quantitative estimate of drug-likeness (QED) is 0.691. The summed E-state index contributed by atoms with van der Waals surface area (Å²) in [7, 11) is 1.68. The van der Waals surface area contributed by atoms with E-state index in [2.05, 4.69) is 9.97 Å². The van der Waals surface area contributed by atoms with Gasteiger partial charge in [-0.1, -0.05) is 0 Å². The van der Waals surface area contributed by atoms with Crippen molar-refractivity contribution in [2.24, 2.45) is 7.05 Å². The lowest BCUT2D eigenvalue weighted by Gasteiger charge is -2.34. The summed E-state index contributed by atoms with van der Waals surface area (Å²) < 4.78 is 1.45. The molecule has 6 nitrogen and oxygen atoms in total. The second kappa shape index (κ2) is 6.34. The van der Waals surface area contributed by atoms with Crippen LogP contribution in [0.1, 0.15) is 45.5 Å². The average molecular weight is 374 g/mol. The van der Waals surface area contributed by atoms with Crippen LogP contribution in [0.2, 0.25) is 0 Å². The maximum absolute atomic E-state index is 13.3. The normalized spacial score (nSPS) is 18.0. The van der Waals surface area contributed by atoms with Gasteiger partial charge in [-0.05, 0) is 31.7 Å². The molecule has 0 radical (unpaired) electrons. The van der Waals surface area contributed by atoms with Crippen molar-refractivity contribution in [1.82, 2.24) is 19.4 Å². The molecular formula is C17H18N4O2S2. The van der Waals surface area contributed by atoms with Gasteiger partial charge in [0.05, 0.1) is 22.6 Å². The van der Waals surface area contributed by atoms with Gasteiger partial charge in [-0.25, -0.2) is 9.97 Å². The third-order valence-electron chi connectivity index (χ3n) is 4.70. The number of likely N-dealkylation sites (tertiary alicyclic amines) is 1. The number of rotatable bonds is 2. The van der Waals surface area contributed by atoms with E-state index in [0.717, 1.165) is 36.4 Å². The minimum Gasteiger partial charge on any atom is -0.328 e. The van der Waals surface area contributed by atoms with Crippen LogP contribution in [-0.2, 0) is 7.05 Å². The molecule has 0 spiro atoms. The highest BCUT2D eigenvalue weighted by atomic mass is 32.1. The van der Waals surface area contributed by atoms with E-state index in [9.17, 15) is 9.59 Å². The molecule has 1 aliphatic rings. The molecule has 0 bridgehead atoms. The number of piperidine rings is 1. The Balaban J connectivity index is 1.77. The zero-order valence-electron chi connectivity index (χ0n) is 14.1. The van der Waals surface area contributed by atoms with E-state index in [1.807, 2.05) is 17.2 Å². The first-order chi connectivity index (χ1) is 12.1. The van der Waals surface area contributed by atoms with Crippen molar-refractivity contribution in [3.63, 3.8) is 0 Å². The Labute approximate surface area is 152 Å². The zero-order chi connectivity index (χ0) is 17.6. The smallest absolute Gasteiger partial charge is 0.264 e. The Morgan fingerprint density at radius 3 is 2.92 bits per heavy atom. The monoisotopic (exact) mass is 374 g/mol. The van der Waals surface area contributed by atoms with Crippen LogP contribution in [0.3, 0.4) is 0 Å². The van der Waals surface area contributed by atoms with Gasteiger partial charge in [-0.2, -0.15) is 0 Å². The van der Waals surface area contributed by atoms with Crippen LogP contribution < -0.4 is 5.56 Å². The Morgan fingerprint density at radius 1 is 1.32 bits per heavy atom. The van der Waals surface area contributed by atoms with Crippen LogP contribution >= 0.6 is 22.7 Å². The second-order valence-corrected chi connectivity index (χ2v) is 8.20. The van der Waals surface area contributed by atoms with Crippen LogP contribution in [0.4, 0.5) is 0 Å². The summed E-state index contributed by atoms with van der Waals surface area (Å²) in [4.78, 5) is 37.6. The fraction of sp³-hybridized carbons (Fsp3) is 0.412. The Bertz CT molecular complexity index is 990. The minimum absolute atomic E-state index is 0.0116. The number of amides is 1. The van der Waals surface area contributed by atoms with Crippen LogP contribution in [0, 0.1) is 6.92 Å². The van der Waals surface area contributed by atoms with Crippen molar-refractivity contribution in [3.05, 3.63) is 43.7 Å². The van der Waals surface area contributed by atoms with E-state index in [4.69, 9.17) is 0 Å². The fourth-order valence-corrected chi connectivity index (χ4v) is 5.25. The van der Waals surface area contributed by atoms with Gasteiger partial charge < -0.3 is 9.47 Å². The van der Waals surface area contributed by atoms with Crippen molar-refractivity contribution in [2.75, 3.05) is 6.54 Å². The van der Waals surface area contributed by atoms with E-state index in [1.165, 1.54) is 22.2 Å². The maximum Gasteiger partial charge on any atom is 0.264 e. The van der Waals surface area contributed by atoms with Crippen molar-refractivity contribution in [1.29, 1.82) is 0 Å². The number of hydrogen-bond acceptors (Lipinski definition) is 6. The number of hydrogen-bond donors (Lipinski definition) is 0. The number of nitrogens with zero attached hydrogens (tertiary/aromatic N) is 4. The highest BCUT2D eigenvalue weighted by molar-refractivity contribution is 7.20. The molecule has 25 heavy (non-hydrogen) atoms. The van der Waals surface area contributed by atoms with Gasteiger partial charge in [-0.3, -0.25) is 9.59 Å². The van der Waals surface area contributed by atoms with Crippen molar-refractivity contribution >= 4 is 38.8 Å². The first-order valence-electron chi connectivity index (χ1n) is 8.23. The highest BCUT2D eigenvalue weighted by Gasteiger charge is 2.32. The molecule has 3 aromatic rings. The van der Waals surface area contributed by atoms with Gasteiger partial charge in [0.25, 0.3) is 11.5 Å². The molecule has 1 atom stereocenters. The molecule has 8 heteroatoms. The summed E-state index contributed by atoms with van der Waals surface area (Å²) in [5, 5.41) is 3.49. The van der Waals surface area contributed by atoms with Gasteiger partial charge in [0.1, 0.15) is 9.84 Å². The molecule has 4 rings (SSSR count). The second-order valence-electron chi connectivity index (χ2n) is 6.28. The number of fused-ring (bicyclic) bond motifs is 1. The molecule has 1 fully saturated rings. The predicted octanol–water partition coefficient (Wildman–Crippen LogP) is 3.13. The van der Waals surface area contributed by atoms with Crippen LogP contribution in [-0.4, -0.2) is 31.9 Å². The number of carbonyl (C=O) groups excluding carboxylic acids is 1. The first-order valence-corrected chi connectivity index (χ1v) is 9.92.